The van der Waals surface area contributed by atoms with Gasteiger partial charge in [-0.3, -0.25) is 13.9 Å². The second-order valence-corrected chi connectivity index (χ2v) is 10.9. The SMILES string of the molecule is CCCNC(=O)[C@H](C)N(Cc1ccc(Br)cc1)C(=O)CN(c1cc(C)ccc1OC)S(C)(=O)=O. The predicted molar refractivity (Wildman–Crippen MR) is 137 cm³/mol. The first-order valence-corrected chi connectivity index (χ1v) is 13.6. The minimum Gasteiger partial charge on any atom is -0.495 e. The molecule has 186 valence electrons. The Bertz CT molecular complexity index is 1110. The molecule has 34 heavy (non-hydrogen) atoms. The molecule has 0 bridgehead atoms. The van der Waals surface area contributed by atoms with Gasteiger partial charge in [-0.1, -0.05) is 41.1 Å². The number of hydrogen-bond acceptors (Lipinski definition) is 5. The molecule has 0 aliphatic carbocycles. The van der Waals surface area contributed by atoms with Gasteiger partial charge in [0, 0.05) is 17.6 Å². The minimum atomic E-state index is -3.84. The first-order valence-electron chi connectivity index (χ1n) is 10.9. The average molecular weight is 555 g/mol. The zero-order valence-corrected chi connectivity index (χ0v) is 22.6. The number of carbonyl (C=O) groups is 2. The first-order chi connectivity index (χ1) is 16.0. The fourth-order valence-electron chi connectivity index (χ4n) is 3.35. The van der Waals surface area contributed by atoms with Crippen molar-refractivity contribution in [3.63, 3.8) is 0 Å². The molecule has 1 atom stereocenters. The van der Waals surface area contributed by atoms with Gasteiger partial charge in [0.2, 0.25) is 21.8 Å². The summed E-state index contributed by atoms with van der Waals surface area (Å²) >= 11 is 3.39. The van der Waals surface area contributed by atoms with Crippen LogP contribution in [0.4, 0.5) is 5.69 Å². The van der Waals surface area contributed by atoms with Crippen LogP contribution in [-0.2, 0) is 26.2 Å². The van der Waals surface area contributed by atoms with Gasteiger partial charge in [0.05, 0.1) is 19.1 Å². The predicted octanol–water partition coefficient (Wildman–Crippen LogP) is 3.48. The highest BCUT2D eigenvalue weighted by Gasteiger charge is 2.31. The van der Waals surface area contributed by atoms with Gasteiger partial charge in [-0.15, -0.1) is 0 Å². The molecular weight excluding hydrogens is 522 g/mol. The van der Waals surface area contributed by atoms with Crippen LogP contribution in [0.1, 0.15) is 31.4 Å². The molecule has 0 heterocycles. The summed E-state index contributed by atoms with van der Waals surface area (Å²) in [5.74, 6) is -0.473. The maximum Gasteiger partial charge on any atom is 0.244 e. The second kappa shape index (κ2) is 12.2. The smallest absolute Gasteiger partial charge is 0.244 e. The van der Waals surface area contributed by atoms with Crippen LogP contribution in [-0.4, -0.2) is 57.6 Å². The molecule has 2 aromatic carbocycles. The van der Waals surface area contributed by atoms with E-state index in [9.17, 15) is 18.0 Å². The van der Waals surface area contributed by atoms with E-state index in [4.69, 9.17) is 4.74 Å². The van der Waals surface area contributed by atoms with Gasteiger partial charge >= 0.3 is 0 Å². The fourth-order valence-corrected chi connectivity index (χ4v) is 4.46. The molecule has 0 unspecified atom stereocenters. The third-order valence-corrected chi connectivity index (χ3v) is 6.92. The van der Waals surface area contributed by atoms with Crippen molar-refractivity contribution in [1.82, 2.24) is 10.2 Å². The van der Waals surface area contributed by atoms with Crippen molar-refractivity contribution in [2.45, 2.75) is 39.8 Å². The maximum atomic E-state index is 13.5. The van der Waals surface area contributed by atoms with Gasteiger partial charge in [0.15, 0.2) is 0 Å². The van der Waals surface area contributed by atoms with Crippen molar-refractivity contribution >= 4 is 43.5 Å². The van der Waals surface area contributed by atoms with Crippen LogP contribution < -0.4 is 14.4 Å². The monoisotopic (exact) mass is 553 g/mol. The van der Waals surface area contributed by atoms with Crippen LogP contribution in [0.5, 0.6) is 5.75 Å². The number of amides is 2. The zero-order chi connectivity index (χ0) is 25.5. The Morgan fingerprint density at radius 2 is 1.79 bits per heavy atom. The highest BCUT2D eigenvalue weighted by atomic mass is 79.9. The molecule has 2 aromatic rings. The van der Waals surface area contributed by atoms with Gasteiger partial charge in [0.1, 0.15) is 18.3 Å². The molecule has 0 aliphatic heterocycles. The van der Waals surface area contributed by atoms with Gasteiger partial charge in [0.25, 0.3) is 0 Å². The topological polar surface area (TPSA) is 96.0 Å². The van der Waals surface area contributed by atoms with Gasteiger partial charge in [-0.05, 0) is 55.7 Å². The Morgan fingerprint density at radius 3 is 2.35 bits per heavy atom. The Labute approximate surface area is 210 Å². The third-order valence-electron chi connectivity index (χ3n) is 5.26. The quantitative estimate of drug-likeness (QED) is 0.459. The Balaban J connectivity index is 2.43. The van der Waals surface area contributed by atoms with E-state index >= 15 is 0 Å². The number of halogens is 1. The molecule has 1 N–H and O–H groups in total. The molecule has 0 saturated heterocycles. The normalized spacial score (nSPS) is 12.1. The summed E-state index contributed by atoms with van der Waals surface area (Å²) in [6, 6.07) is 11.7. The minimum absolute atomic E-state index is 0.148. The molecule has 2 rings (SSSR count). The van der Waals surface area contributed by atoms with E-state index in [-0.39, 0.29) is 18.1 Å². The number of sulfonamides is 1. The van der Waals surface area contributed by atoms with Crippen LogP contribution in [0, 0.1) is 6.92 Å². The number of nitrogens with one attached hydrogen (secondary N) is 1. The summed E-state index contributed by atoms with van der Waals surface area (Å²) in [4.78, 5) is 27.7. The number of anilines is 1. The molecule has 0 fully saturated rings. The Hall–Kier alpha value is -2.59. The van der Waals surface area contributed by atoms with E-state index in [0.717, 1.165) is 32.6 Å². The van der Waals surface area contributed by atoms with Crippen LogP contribution in [0.15, 0.2) is 46.9 Å². The van der Waals surface area contributed by atoms with E-state index in [1.54, 1.807) is 25.1 Å². The van der Waals surface area contributed by atoms with Crippen molar-refractivity contribution < 1.29 is 22.7 Å². The molecule has 0 spiro atoms. The largest absolute Gasteiger partial charge is 0.495 e. The molecule has 2 amide bonds. The van der Waals surface area contributed by atoms with E-state index in [1.165, 1.54) is 12.0 Å². The lowest BCUT2D eigenvalue weighted by molar-refractivity contribution is -0.139. The number of nitrogens with zero attached hydrogens (tertiary/aromatic N) is 2. The van der Waals surface area contributed by atoms with Gasteiger partial charge in [-0.2, -0.15) is 0 Å². The summed E-state index contributed by atoms with van der Waals surface area (Å²) in [6.45, 7) is 5.56. The standard InChI is InChI=1S/C24H32BrN3O5S/c1-6-13-26-24(30)18(3)27(15-19-8-10-20(25)11-9-19)23(29)16-28(34(5,31)32)21-14-17(2)7-12-22(21)33-4/h7-12,14,18H,6,13,15-16H2,1-5H3,(H,26,30)/t18-/m0/s1. The molecular formula is C24H32BrN3O5S. The lowest BCUT2D eigenvalue weighted by atomic mass is 10.1. The van der Waals surface area contributed by atoms with Crippen LogP contribution in [0.25, 0.3) is 0 Å². The van der Waals surface area contributed by atoms with E-state index in [2.05, 4.69) is 21.2 Å². The van der Waals surface area contributed by atoms with Crippen LogP contribution in [0.2, 0.25) is 0 Å². The summed E-state index contributed by atoms with van der Waals surface area (Å²) in [5, 5.41) is 2.81. The number of aryl methyl sites for hydroxylation is 1. The highest BCUT2D eigenvalue weighted by molar-refractivity contribution is 9.10. The van der Waals surface area contributed by atoms with Gasteiger partial charge < -0.3 is 15.0 Å². The van der Waals surface area contributed by atoms with Crippen molar-refractivity contribution in [3.8, 4) is 5.75 Å². The van der Waals surface area contributed by atoms with E-state index in [0.29, 0.717) is 12.3 Å². The molecule has 10 heteroatoms. The van der Waals surface area contributed by atoms with Crippen molar-refractivity contribution in [2.75, 3.05) is 30.8 Å². The lowest BCUT2D eigenvalue weighted by Crippen LogP contribution is -2.51. The molecule has 0 aromatic heterocycles. The van der Waals surface area contributed by atoms with Gasteiger partial charge in [-0.25, -0.2) is 8.42 Å². The molecule has 0 saturated carbocycles. The highest BCUT2D eigenvalue weighted by Crippen LogP contribution is 2.31. The average Bonchev–Trinajstić information content (AvgIpc) is 2.79. The summed E-state index contributed by atoms with van der Waals surface area (Å²) in [5.41, 5.74) is 1.90. The van der Waals surface area contributed by atoms with E-state index in [1.807, 2.05) is 38.1 Å². The number of ether oxygens (including phenoxy) is 1. The fraction of sp³-hybridized carbons (Fsp3) is 0.417. The first kappa shape index (κ1) is 27.7. The lowest BCUT2D eigenvalue weighted by Gasteiger charge is -2.32. The van der Waals surface area contributed by atoms with E-state index < -0.39 is 28.5 Å². The number of methoxy groups -OCH3 is 1. The summed E-state index contributed by atoms with van der Waals surface area (Å²) in [7, 11) is -2.39. The molecule has 0 radical (unpaired) electrons. The zero-order valence-electron chi connectivity index (χ0n) is 20.2. The molecule has 8 nitrogen and oxygen atoms in total. The number of benzene rings is 2. The van der Waals surface area contributed by atoms with Crippen molar-refractivity contribution in [3.05, 3.63) is 58.1 Å². The number of rotatable bonds is 11. The maximum absolute atomic E-state index is 13.5. The summed E-state index contributed by atoms with van der Waals surface area (Å²) in [6.07, 6.45) is 1.80. The number of hydrogen-bond donors (Lipinski definition) is 1. The van der Waals surface area contributed by atoms with Crippen molar-refractivity contribution in [1.29, 1.82) is 0 Å². The van der Waals surface area contributed by atoms with Crippen LogP contribution >= 0.6 is 15.9 Å². The second-order valence-electron chi connectivity index (χ2n) is 8.06. The third kappa shape index (κ3) is 7.46. The van der Waals surface area contributed by atoms with Crippen LogP contribution in [0.3, 0.4) is 0 Å². The van der Waals surface area contributed by atoms with Crippen molar-refractivity contribution in [2.24, 2.45) is 0 Å². The number of carbonyl (C=O) groups excluding carboxylic acids is 2. The summed E-state index contributed by atoms with van der Waals surface area (Å²) < 4.78 is 32.7. The Morgan fingerprint density at radius 1 is 1.15 bits per heavy atom. The Kier molecular flexibility index (Phi) is 9.93. The molecule has 0 aliphatic rings.